The molecule has 1 aromatic heterocycles. The predicted octanol–water partition coefficient (Wildman–Crippen LogP) is 3.71. The van der Waals surface area contributed by atoms with Gasteiger partial charge in [0, 0.05) is 35.6 Å². The SMILES string of the molecule is COc1ccccc1CNC(=O)[C@H](C)OC(=O)/C=C/c1cc(C)n(C2CC2)c1C. The van der Waals surface area contributed by atoms with Crippen LogP contribution < -0.4 is 10.1 Å². The number of benzene rings is 1. The zero-order valence-electron chi connectivity index (χ0n) is 17.4. The molecule has 1 heterocycles. The first-order chi connectivity index (χ1) is 13.9. The molecule has 0 aliphatic heterocycles. The van der Waals surface area contributed by atoms with E-state index in [1.165, 1.54) is 24.6 Å². The first-order valence-electron chi connectivity index (χ1n) is 9.87. The number of methoxy groups -OCH3 is 1. The average molecular weight is 396 g/mol. The molecule has 0 spiro atoms. The summed E-state index contributed by atoms with van der Waals surface area (Å²) < 4.78 is 12.8. The summed E-state index contributed by atoms with van der Waals surface area (Å²) in [6.45, 7) is 6.00. The van der Waals surface area contributed by atoms with Crippen LogP contribution in [0.2, 0.25) is 0 Å². The summed E-state index contributed by atoms with van der Waals surface area (Å²) in [6, 6.07) is 10.1. The zero-order chi connectivity index (χ0) is 21.0. The zero-order valence-corrected chi connectivity index (χ0v) is 17.4. The molecule has 1 fully saturated rings. The van der Waals surface area contributed by atoms with Crippen molar-refractivity contribution in [1.29, 1.82) is 0 Å². The number of hydrogen-bond acceptors (Lipinski definition) is 4. The van der Waals surface area contributed by atoms with E-state index in [1.807, 2.05) is 24.3 Å². The van der Waals surface area contributed by atoms with Crippen LogP contribution in [0.4, 0.5) is 0 Å². The quantitative estimate of drug-likeness (QED) is 0.546. The van der Waals surface area contributed by atoms with Gasteiger partial charge in [-0.15, -0.1) is 0 Å². The third-order valence-corrected chi connectivity index (χ3v) is 5.14. The molecular weight excluding hydrogens is 368 g/mol. The number of esters is 1. The molecule has 0 unspecified atom stereocenters. The fourth-order valence-corrected chi connectivity index (χ4v) is 3.47. The smallest absolute Gasteiger partial charge is 0.331 e. The number of aromatic nitrogens is 1. The van der Waals surface area contributed by atoms with Crippen LogP contribution in [0.3, 0.4) is 0 Å². The van der Waals surface area contributed by atoms with E-state index in [0.29, 0.717) is 18.3 Å². The molecule has 1 saturated carbocycles. The highest BCUT2D eigenvalue weighted by Crippen LogP contribution is 2.38. The van der Waals surface area contributed by atoms with E-state index in [1.54, 1.807) is 20.1 Å². The molecule has 0 bridgehead atoms. The van der Waals surface area contributed by atoms with Gasteiger partial charge in [-0.3, -0.25) is 4.79 Å². The van der Waals surface area contributed by atoms with Gasteiger partial charge >= 0.3 is 5.97 Å². The Bertz CT molecular complexity index is 925. The molecule has 1 N–H and O–H groups in total. The number of aryl methyl sites for hydroxylation is 1. The van der Waals surface area contributed by atoms with Gasteiger partial charge in [-0.2, -0.15) is 0 Å². The number of nitrogens with one attached hydrogen (secondary N) is 1. The maximum atomic E-state index is 12.3. The molecule has 1 aliphatic rings. The Morgan fingerprint density at radius 3 is 2.69 bits per heavy atom. The second kappa shape index (κ2) is 8.99. The third-order valence-electron chi connectivity index (χ3n) is 5.14. The van der Waals surface area contributed by atoms with E-state index in [-0.39, 0.29) is 5.91 Å². The number of carbonyl (C=O) groups excluding carboxylic acids is 2. The molecule has 1 amide bonds. The lowest BCUT2D eigenvalue weighted by molar-refractivity contribution is -0.150. The second-order valence-corrected chi connectivity index (χ2v) is 7.37. The van der Waals surface area contributed by atoms with E-state index in [9.17, 15) is 9.59 Å². The van der Waals surface area contributed by atoms with Crippen molar-refractivity contribution in [3.05, 3.63) is 58.9 Å². The second-order valence-electron chi connectivity index (χ2n) is 7.37. The van der Waals surface area contributed by atoms with Gasteiger partial charge in [-0.25, -0.2) is 4.79 Å². The summed E-state index contributed by atoms with van der Waals surface area (Å²) >= 11 is 0. The minimum Gasteiger partial charge on any atom is -0.496 e. The van der Waals surface area contributed by atoms with Crippen molar-refractivity contribution in [2.24, 2.45) is 0 Å². The third kappa shape index (κ3) is 5.08. The first kappa shape index (κ1) is 20.7. The lowest BCUT2D eigenvalue weighted by Crippen LogP contribution is -2.35. The first-order valence-corrected chi connectivity index (χ1v) is 9.87. The van der Waals surface area contributed by atoms with Gasteiger partial charge in [0.15, 0.2) is 6.10 Å². The van der Waals surface area contributed by atoms with Crippen LogP contribution in [0.5, 0.6) is 5.75 Å². The number of amides is 1. The average Bonchev–Trinajstić information content (AvgIpc) is 3.49. The van der Waals surface area contributed by atoms with Crippen molar-refractivity contribution in [1.82, 2.24) is 9.88 Å². The summed E-state index contributed by atoms with van der Waals surface area (Å²) in [7, 11) is 1.58. The van der Waals surface area contributed by atoms with Crippen molar-refractivity contribution in [2.75, 3.05) is 7.11 Å². The molecule has 29 heavy (non-hydrogen) atoms. The molecule has 6 heteroatoms. The normalized spacial score (nSPS) is 14.6. The van der Waals surface area contributed by atoms with Gasteiger partial charge in [0.2, 0.25) is 0 Å². The molecule has 154 valence electrons. The van der Waals surface area contributed by atoms with Gasteiger partial charge in [-0.05, 0) is 57.4 Å². The van der Waals surface area contributed by atoms with Crippen LogP contribution in [0.1, 0.15) is 48.3 Å². The molecule has 1 aromatic carbocycles. The number of nitrogens with zero attached hydrogens (tertiary/aromatic N) is 1. The van der Waals surface area contributed by atoms with Gasteiger partial charge in [0.05, 0.1) is 7.11 Å². The van der Waals surface area contributed by atoms with Crippen molar-refractivity contribution in [2.45, 2.75) is 52.3 Å². The Balaban J connectivity index is 1.52. The summed E-state index contributed by atoms with van der Waals surface area (Å²) in [5.74, 6) is -0.199. The lowest BCUT2D eigenvalue weighted by atomic mass is 10.2. The number of carbonyl (C=O) groups is 2. The van der Waals surface area contributed by atoms with Gasteiger partial charge in [-0.1, -0.05) is 18.2 Å². The monoisotopic (exact) mass is 396 g/mol. The Hall–Kier alpha value is -3.02. The Labute approximate surface area is 171 Å². The topological polar surface area (TPSA) is 69.6 Å². The molecule has 1 atom stereocenters. The summed E-state index contributed by atoms with van der Waals surface area (Å²) in [5.41, 5.74) is 4.20. The van der Waals surface area contributed by atoms with Crippen LogP contribution in [0.25, 0.3) is 6.08 Å². The maximum absolute atomic E-state index is 12.3. The van der Waals surface area contributed by atoms with Crippen LogP contribution in [0, 0.1) is 13.8 Å². The predicted molar refractivity (Wildman–Crippen MR) is 112 cm³/mol. The highest BCUT2D eigenvalue weighted by atomic mass is 16.5. The van der Waals surface area contributed by atoms with Crippen molar-refractivity contribution < 1.29 is 19.1 Å². The summed E-state index contributed by atoms with van der Waals surface area (Å²) in [5, 5.41) is 2.77. The molecular formula is C23H28N2O4. The van der Waals surface area contributed by atoms with E-state index < -0.39 is 12.1 Å². The van der Waals surface area contributed by atoms with Crippen LogP contribution in [0.15, 0.2) is 36.4 Å². The highest BCUT2D eigenvalue weighted by Gasteiger charge is 2.26. The minimum absolute atomic E-state index is 0.299. The van der Waals surface area contributed by atoms with E-state index in [2.05, 4.69) is 29.8 Å². The van der Waals surface area contributed by atoms with Crippen molar-refractivity contribution >= 4 is 18.0 Å². The van der Waals surface area contributed by atoms with E-state index in [4.69, 9.17) is 9.47 Å². The number of hydrogen-bond donors (Lipinski definition) is 1. The fourth-order valence-electron chi connectivity index (χ4n) is 3.47. The number of para-hydroxylation sites is 1. The fraction of sp³-hybridized carbons (Fsp3) is 0.391. The van der Waals surface area contributed by atoms with Crippen molar-refractivity contribution in [3.8, 4) is 5.75 Å². The number of rotatable bonds is 8. The largest absolute Gasteiger partial charge is 0.496 e. The van der Waals surface area contributed by atoms with E-state index >= 15 is 0 Å². The molecule has 6 nitrogen and oxygen atoms in total. The van der Waals surface area contributed by atoms with Crippen molar-refractivity contribution in [3.63, 3.8) is 0 Å². The maximum Gasteiger partial charge on any atom is 0.331 e. The molecule has 2 aromatic rings. The van der Waals surface area contributed by atoms with Crippen LogP contribution in [-0.2, 0) is 20.9 Å². The summed E-state index contributed by atoms with van der Waals surface area (Å²) in [4.78, 5) is 24.4. The Kier molecular flexibility index (Phi) is 6.42. The molecule has 0 saturated heterocycles. The lowest BCUT2D eigenvalue weighted by Gasteiger charge is -2.13. The highest BCUT2D eigenvalue weighted by molar-refractivity contribution is 5.90. The Morgan fingerprint density at radius 2 is 2.00 bits per heavy atom. The number of ether oxygens (including phenoxy) is 2. The van der Waals surface area contributed by atoms with Crippen LogP contribution >= 0.6 is 0 Å². The minimum atomic E-state index is -0.888. The summed E-state index contributed by atoms with van der Waals surface area (Å²) in [6.07, 6.45) is 4.67. The van der Waals surface area contributed by atoms with Gasteiger partial charge < -0.3 is 19.4 Å². The molecule has 1 aliphatic carbocycles. The van der Waals surface area contributed by atoms with Crippen LogP contribution in [-0.4, -0.2) is 29.7 Å². The molecule has 3 rings (SSSR count). The van der Waals surface area contributed by atoms with Gasteiger partial charge in [0.1, 0.15) is 5.75 Å². The Morgan fingerprint density at radius 1 is 1.28 bits per heavy atom. The standard InChI is InChI=1S/C23H28N2O4/c1-15-13-18(16(2)25(15)20-10-11-20)9-12-22(26)29-17(3)23(27)24-14-19-7-5-6-8-21(19)28-4/h5-9,12-13,17,20H,10-11,14H2,1-4H3,(H,24,27)/b12-9+/t17-/m0/s1. The van der Waals surface area contributed by atoms with Gasteiger partial charge in [0.25, 0.3) is 5.91 Å². The molecule has 0 radical (unpaired) electrons. The van der Waals surface area contributed by atoms with E-state index in [0.717, 1.165) is 16.8 Å².